The molecule has 0 N–H and O–H groups in total. The zero-order chi connectivity index (χ0) is 5.82. The third-order valence-electron chi connectivity index (χ3n) is 0.793. The van der Waals surface area contributed by atoms with Crippen LogP contribution in [-0.4, -0.2) is 28.0 Å². The summed E-state index contributed by atoms with van der Waals surface area (Å²) < 4.78 is 0. The Balaban J connectivity index is -0.0000000800. The summed E-state index contributed by atoms with van der Waals surface area (Å²) in [6, 6.07) is 5.36. The number of halogens is 2. The fourth-order valence-electron chi connectivity index (χ4n) is 0.437. The summed E-state index contributed by atoms with van der Waals surface area (Å²) >= 11 is 0. The molecule has 0 aliphatic heterocycles. The average Bonchev–Trinajstić information content (AvgIpc) is 1.90. The van der Waals surface area contributed by atoms with Gasteiger partial charge >= 0.3 is 41.9 Å². The van der Waals surface area contributed by atoms with E-state index in [4.69, 9.17) is 6.42 Å². The average molecular weight is 204 g/mol. The molecule has 1 aromatic heterocycles. The largest absolute Gasteiger partial charge is 2.00 e. The standard InChI is InChI=1S/C7H4N.2ClH.Li.Mg/c1-2-7-5-3-4-6-8-7;;;;/h3-6H;2*1H;;/q-1;;;+1;+2/p-2. The second-order valence-corrected chi connectivity index (χ2v) is 1.34. The Morgan fingerprint density at radius 2 is 1.83 bits per heavy atom. The predicted molar refractivity (Wildman–Crippen MR) is 36.2 cm³/mol. The predicted octanol–water partition coefficient (Wildman–Crippen LogP) is -8.35. The summed E-state index contributed by atoms with van der Waals surface area (Å²) in [5.41, 5.74) is 0.576. The molecule has 0 saturated heterocycles. The Morgan fingerprint density at radius 1 is 1.25 bits per heavy atom. The number of nitrogens with zero attached hydrogens (tertiary/aromatic N) is 1. The molecule has 1 rings (SSSR count). The van der Waals surface area contributed by atoms with Gasteiger partial charge in [-0.15, -0.1) is 6.07 Å². The quantitative estimate of drug-likeness (QED) is 0.232. The molecule has 0 spiro atoms. The van der Waals surface area contributed by atoms with Gasteiger partial charge in [-0.3, -0.25) is 5.92 Å². The van der Waals surface area contributed by atoms with Crippen molar-refractivity contribution in [3.8, 4) is 5.92 Å². The first kappa shape index (κ1) is 22.9. The molecule has 0 saturated carbocycles. The number of hydrogen-bond donors (Lipinski definition) is 0. The fraction of sp³-hybridized carbons (Fsp3) is 0. The summed E-state index contributed by atoms with van der Waals surface area (Å²) in [5.74, 6) is 2.17. The third-order valence-corrected chi connectivity index (χ3v) is 0.793. The monoisotopic (exact) mass is 203 g/mol. The summed E-state index contributed by atoms with van der Waals surface area (Å²) in [6.45, 7) is 0. The van der Waals surface area contributed by atoms with Crippen LogP contribution in [0, 0.1) is 12.3 Å². The van der Waals surface area contributed by atoms with Crippen molar-refractivity contribution in [1.82, 2.24) is 4.98 Å². The van der Waals surface area contributed by atoms with Crippen molar-refractivity contribution < 1.29 is 43.7 Å². The van der Waals surface area contributed by atoms with Crippen molar-refractivity contribution in [2.24, 2.45) is 0 Å². The van der Waals surface area contributed by atoms with Gasteiger partial charge in [0.15, 0.2) is 0 Å². The van der Waals surface area contributed by atoms with Gasteiger partial charge in [-0.1, -0.05) is 6.07 Å². The van der Waals surface area contributed by atoms with Crippen molar-refractivity contribution >= 4 is 23.1 Å². The van der Waals surface area contributed by atoms with Crippen LogP contribution in [0.25, 0.3) is 0 Å². The van der Waals surface area contributed by atoms with Gasteiger partial charge in [0.1, 0.15) is 0 Å². The van der Waals surface area contributed by atoms with Crippen LogP contribution in [0.2, 0.25) is 0 Å². The van der Waals surface area contributed by atoms with Gasteiger partial charge in [-0.25, -0.2) is 0 Å². The number of pyridine rings is 1. The van der Waals surface area contributed by atoms with Gasteiger partial charge in [0.2, 0.25) is 0 Å². The van der Waals surface area contributed by atoms with Gasteiger partial charge in [0.25, 0.3) is 0 Å². The first-order valence-corrected chi connectivity index (χ1v) is 2.27. The molecule has 0 amide bonds. The first-order valence-electron chi connectivity index (χ1n) is 2.27. The van der Waals surface area contributed by atoms with Crippen LogP contribution in [0.1, 0.15) is 5.69 Å². The third kappa shape index (κ3) is 8.75. The number of hydrogen-bond acceptors (Lipinski definition) is 1. The summed E-state index contributed by atoms with van der Waals surface area (Å²) in [5, 5.41) is 0. The molecule has 0 fully saturated rings. The molecule has 5 heteroatoms. The van der Waals surface area contributed by atoms with Crippen molar-refractivity contribution in [2.75, 3.05) is 0 Å². The first-order chi connectivity index (χ1) is 3.93. The van der Waals surface area contributed by atoms with E-state index in [0.717, 1.165) is 0 Å². The second kappa shape index (κ2) is 14.2. The maximum absolute atomic E-state index is 6.63. The van der Waals surface area contributed by atoms with Gasteiger partial charge < -0.3 is 36.2 Å². The minimum atomic E-state index is 0. The molecule has 0 unspecified atom stereocenters. The van der Waals surface area contributed by atoms with E-state index in [0.29, 0.717) is 5.69 Å². The van der Waals surface area contributed by atoms with E-state index < -0.39 is 0 Å². The maximum Gasteiger partial charge on any atom is 2.00 e. The van der Waals surface area contributed by atoms with Gasteiger partial charge in [-0.05, 0) is 11.8 Å². The maximum atomic E-state index is 6.63. The van der Waals surface area contributed by atoms with Crippen LogP contribution in [0.4, 0.5) is 0 Å². The molecule has 0 aliphatic rings. The molecule has 1 heterocycles. The molecular weight excluding hydrogens is 200 g/mol. The van der Waals surface area contributed by atoms with Crippen LogP contribution in [-0.2, 0) is 0 Å². The van der Waals surface area contributed by atoms with Crippen LogP contribution in [0.5, 0.6) is 0 Å². The van der Waals surface area contributed by atoms with Crippen molar-refractivity contribution in [3.63, 3.8) is 0 Å². The van der Waals surface area contributed by atoms with E-state index in [9.17, 15) is 0 Å². The summed E-state index contributed by atoms with van der Waals surface area (Å²) in [6.07, 6.45) is 8.27. The Morgan fingerprint density at radius 3 is 2.08 bits per heavy atom. The van der Waals surface area contributed by atoms with E-state index in [-0.39, 0.29) is 66.7 Å². The second-order valence-electron chi connectivity index (χ2n) is 1.34. The number of rotatable bonds is 0. The molecule has 0 aromatic carbocycles. The van der Waals surface area contributed by atoms with E-state index >= 15 is 0 Å². The zero-order valence-corrected chi connectivity index (χ0v) is 9.65. The van der Waals surface area contributed by atoms with Gasteiger partial charge in [-0.2, -0.15) is 0 Å². The van der Waals surface area contributed by atoms with E-state index in [2.05, 4.69) is 10.9 Å². The van der Waals surface area contributed by atoms with Crippen molar-refractivity contribution in [1.29, 1.82) is 0 Å². The fourth-order valence-corrected chi connectivity index (χ4v) is 0.437. The molecule has 0 atom stereocenters. The SMILES string of the molecule is [C-]#Cc1ccccn1.[Cl-].[Cl-].[Li+].[Mg+2]. The topological polar surface area (TPSA) is 12.9 Å². The van der Waals surface area contributed by atoms with Gasteiger partial charge in [0.05, 0.1) is 0 Å². The molecule has 0 aliphatic carbocycles. The summed E-state index contributed by atoms with van der Waals surface area (Å²) in [7, 11) is 0. The molecule has 1 aromatic rings. The van der Waals surface area contributed by atoms with E-state index in [1.165, 1.54) is 0 Å². The van der Waals surface area contributed by atoms with Gasteiger partial charge in [0, 0.05) is 6.20 Å². The Kier molecular flexibility index (Phi) is 27.1. The molecule has 0 radical (unpaired) electrons. The van der Waals surface area contributed by atoms with Crippen molar-refractivity contribution in [2.45, 2.75) is 0 Å². The van der Waals surface area contributed by atoms with E-state index in [1.54, 1.807) is 18.3 Å². The minimum absolute atomic E-state index is 0. The van der Waals surface area contributed by atoms with Crippen molar-refractivity contribution in [3.05, 3.63) is 36.5 Å². The normalized spacial score (nSPS) is 5.25. The number of aromatic nitrogens is 1. The van der Waals surface area contributed by atoms with E-state index in [1.807, 2.05) is 6.07 Å². The van der Waals surface area contributed by atoms with Crippen LogP contribution in [0.15, 0.2) is 24.4 Å². The Hall–Kier alpha value is 0.654. The molecule has 0 bridgehead atoms. The molecule has 1 nitrogen and oxygen atoms in total. The minimum Gasteiger partial charge on any atom is -1.00 e. The Labute approximate surface area is 113 Å². The van der Waals surface area contributed by atoms with Crippen LogP contribution in [0.3, 0.4) is 0 Å². The molecular formula is C7H4Cl2LiMgN. The Bertz CT molecular complexity index is 212. The zero-order valence-electron chi connectivity index (χ0n) is 6.72. The molecule has 12 heavy (non-hydrogen) atoms. The van der Waals surface area contributed by atoms with Crippen LogP contribution < -0.4 is 43.7 Å². The van der Waals surface area contributed by atoms with Crippen LogP contribution >= 0.6 is 0 Å². The summed E-state index contributed by atoms with van der Waals surface area (Å²) in [4.78, 5) is 3.80. The molecule has 54 valence electrons. The smallest absolute Gasteiger partial charge is 1.00 e.